The van der Waals surface area contributed by atoms with Gasteiger partial charge in [-0.15, -0.1) is 11.3 Å². The minimum absolute atomic E-state index is 0.551. The number of halogens is 1. The van der Waals surface area contributed by atoms with E-state index in [0.29, 0.717) is 24.7 Å². The van der Waals surface area contributed by atoms with Crippen molar-refractivity contribution in [3.05, 3.63) is 62.7 Å². The molecule has 1 aromatic heterocycles. The molecule has 0 fully saturated rings. The van der Waals surface area contributed by atoms with Gasteiger partial charge in [0, 0.05) is 28.1 Å². The average Bonchev–Trinajstić information content (AvgIpc) is 3.14. The van der Waals surface area contributed by atoms with Gasteiger partial charge in [-0.2, -0.15) is 5.10 Å². The first kappa shape index (κ1) is 21.3. The lowest BCUT2D eigenvalue weighted by Crippen LogP contribution is -2.14. The minimum Gasteiger partial charge on any atom is -0.493 e. The van der Waals surface area contributed by atoms with Crippen LogP contribution in [0.2, 0.25) is 0 Å². The standard InChI is InChI=1S/C21H22BrN3O3S/c1-26-12-11-23-21-25(18(14-29-21)16-8-4-5-9-17(16)22)24-13-15-7-6-10-19(27-2)20(15)28-3/h4-10,13-14H,11-12H2,1-3H3/b23-21?,24-13+. The second-order valence-electron chi connectivity index (χ2n) is 5.90. The number of aromatic nitrogens is 1. The molecule has 3 aromatic rings. The van der Waals surface area contributed by atoms with Crippen molar-refractivity contribution in [3.8, 4) is 22.8 Å². The zero-order valence-corrected chi connectivity index (χ0v) is 18.9. The van der Waals surface area contributed by atoms with E-state index in [1.54, 1.807) is 27.5 Å². The van der Waals surface area contributed by atoms with E-state index in [1.807, 2.05) is 52.5 Å². The van der Waals surface area contributed by atoms with Gasteiger partial charge >= 0.3 is 0 Å². The van der Waals surface area contributed by atoms with Crippen molar-refractivity contribution in [2.24, 2.45) is 10.1 Å². The highest BCUT2D eigenvalue weighted by Gasteiger charge is 2.11. The van der Waals surface area contributed by atoms with Gasteiger partial charge in [0.05, 0.1) is 39.3 Å². The summed E-state index contributed by atoms with van der Waals surface area (Å²) in [4.78, 5) is 5.42. The molecule has 6 nitrogen and oxygen atoms in total. The van der Waals surface area contributed by atoms with Gasteiger partial charge in [-0.05, 0) is 18.2 Å². The maximum absolute atomic E-state index is 5.51. The number of benzene rings is 2. The molecule has 2 aromatic carbocycles. The van der Waals surface area contributed by atoms with Crippen LogP contribution in [0.25, 0.3) is 11.3 Å². The first-order valence-corrected chi connectivity index (χ1v) is 10.6. The molecule has 3 rings (SSSR count). The van der Waals surface area contributed by atoms with Crippen molar-refractivity contribution in [2.75, 3.05) is 34.5 Å². The van der Waals surface area contributed by atoms with Gasteiger partial charge in [-0.1, -0.05) is 40.2 Å². The molecule has 1 heterocycles. The van der Waals surface area contributed by atoms with Gasteiger partial charge in [-0.25, -0.2) is 4.68 Å². The van der Waals surface area contributed by atoms with E-state index in [2.05, 4.69) is 20.9 Å². The number of methoxy groups -OCH3 is 3. The fraction of sp³-hybridized carbons (Fsp3) is 0.238. The molecule has 0 saturated carbocycles. The molecule has 0 radical (unpaired) electrons. The fourth-order valence-corrected chi connectivity index (χ4v) is 4.08. The minimum atomic E-state index is 0.551. The second-order valence-corrected chi connectivity index (χ2v) is 7.59. The van der Waals surface area contributed by atoms with Crippen LogP contribution in [0.3, 0.4) is 0 Å². The molecule has 0 spiro atoms. The second kappa shape index (κ2) is 10.4. The monoisotopic (exact) mass is 475 g/mol. The molecule has 0 N–H and O–H groups in total. The Labute approximate surface area is 182 Å². The zero-order valence-electron chi connectivity index (χ0n) is 16.5. The molecule has 8 heteroatoms. The van der Waals surface area contributed by atoms with Crippen molar-refractivity contribution in [3.63, 3.8) is 0 Å². The number of para-hydroxylation sites is 1. The third-order valence-corrected chi connectivity index (χ3v) is 5.67. The quantitative estimate of drug-likeness (QED) is 0.357. The van der Waals surface area contributed by atoms with Crippen molar-refractivity contribution >= 4 is 33.5 Å². The summed E-state index contributed by atoms with van der Waals surface area (Å²) in [6, 6.07) is 13.7. The summed E-state index contributed by atoms with van der Waals surface area (Å²) >= 11 is 5.16. The Balaban J connectivity index is 2.10. The number of thiazole rings is 1. The van der Waals surface area contributed by atoms with Crippen molar-refractivity contribution < 1.29 is 14.2 Å². The summed E-state index contributed by atoms with van der Waals surface area (Å²) in [6.07, 6.45) is 1.75. The van der Waals surface area contributed by atoms with Crippen molar-refractivity contribution in [1.82, 2.24) is 4.68 Å². The predicted octanol–water partition coefficient (Wildman–Crippen LogP) is 4.43. The Morgan fingerprint density at radius 2 is 1.90 bits per heavy atom. The Hall–Kier alpha value is -2.42. The lowest BCUT2D eigenvalue weighted by Gasteiger charge is -2.10. The van der Waals surface area contributed by atoms with E-state index >= 15 is 0 Å². The summed E-state index contributed by atoms with van der Waals surface area (Å²) < 4.78 is 18.8. The number of ether oxygens (including phenoxy) is 3. The smallest absolute Gasteiger partial charge is 0.206 e. The van der Waals surface area contributed by atoms with Gasteiger partial charge < -0.3 is 14.2 Å². The Morgan fingerprint density at radius 1 is 1.07 bits per heavy atom. The first-order valence-electron chi connectivity index (χ1n) is 8.89. The molecule has 29 heavy (non-hydrogen) atoms. The SMILES string of the molecule is COCCN=c1scc(-c2ccccc2Br)n1/N=C/c1cccc(OC)c1OC. The topological polar surface area (TPSA) is 57.3 Å². The molecular formula is C21H22BrN3O3S. The van der Waals surface area contributed by atoms with Crippen LogP contribution in [0.1, 0.15) is 5.56 Å². The largest absolute Gasteiger partial charge is 0.493 e. The lowest BCUT2D eigenvalue weighted by atomic mass is 10.2. The molecule has 0 saturated heterocycles. The lowest BCUT2D eigenvalue weighted by molar-refractivity contribution is 0.207. The average molecular weight is 476 g/mol. The summed E-state index contributed by atoms with van der Waals surface area (Å²) in [6.45, 7) is 1.11. The van der Waals surface area contributed by atoms with Crippen LogP contribution >= 0.6 is 27.3 Å². The van der Waals surface area contributed by atoms with E-state index in [-0.39, 0.29) is 0 Å². The van der Waals surface area contributed by atoms with Crippen LogP contribution in [0.5, 0.6) is 11.5 Å². The molecule has 0 aliphatic heterocycles. The van der Waals surface area contributed by atoms with E-state index < -0.39 is 0 Å². The molecule has 0 aliphatic rings. The third-order valence-electron chi connectivity index (χ3n) is 4.12. The van der Waals surface area contributed by atoms with E-state index in [4.69, 9.17) is 19.3 Å². The zero-order chi connectivity index (χ0) is 20.6. The predicted molar refractivity (Wildman–Crippen MR) is 120 cm³/mol. The summed E-state index contributed by atoms with van der Waals surface area (Å²) in [7, 11) is 4.90. The van der Waals surface area contributed by atoms with E-state index in [0.717, 1.165) is 26.1 Å². The van der Waals surface area contributed by atoms with Crippen LogP contribution in [0, 0.1) is 0 Å². The molecular weight excluding hydrogens is 454 g/mol. The first-order chi connectivity index (χ1) is 14.2. The van der Waals surface area contributed by atoms with Gasteiger partial charge in [0.25, 0.3) is 0 Å². The van der Waals surface area contributed by atoms with E-state index in [1.165, 1.54) is 11.3 Å². The number of hydrogen-bond acceptors (Lipinski definition) is 6. The maximum Gasteiger partial charge on any atom is 0.206 e. The molecule has 0 bridgehead atoms. The Morgan fingerprint density at radius 3 is 2.62 bits per heavy atom. The van der Waals surface area contributed by atoms with Crippen LogP contribution in [0.15, 0.2) is 62.4 Å². The summed E-state index contributed by atoms with van der Waals surface area (Å²) in [5.41, 5.74) is 2.79. The van der Waals surface area contributed by atoms with Gasteiger partial charge in [-0.3, -0.25) is 4.99 Å². The normalized spacial score (nSPS) is 11.9. The molecule has 152 valence electrons. The van der Waals surface area contributed by atoms with Gasteiger partial charge in [0.15, 0.2) is 11.5 Å². The number of rotatable bonds is 8. The van der Waals surface area contributed by atoms with Crippen LogP contribution in [0.4, 0.5) is 0 Å². The molecule has 0 unspecified atom stereocenters. The maximum atomic E-state index is 5.51. The molecule has 0 amide bonds. The highest BCUT2D eigenvalue weighted by molar-refractivity contribution is 9.10. The number of hydrogen-bond donors (Lipinski definition) is 0. The Kier molecular flexibility index (Phi) is 7.62. The van der Waals surface area contributed by atoms with Crippen LogP contribution in [-0.2, 0) is 4.74 Å². The van der Waals surface area contributed by atoms with Crippen LogP contribution in [-0.4, -0.2) is 45.4 Å². The Bertz CT molecular complexity index is 1060. The molecule has 0 aliphatic carbocycles. The summed E-state index contributed by atoms with van der Waals surface area (Å²) in [5.74, 6) is 1.29. The van der Waals surface area contributed by atoms with Crippen LogP contribution < -0.4 is 14.3 Å². The van der Waals surface area contributed by atoms with Crippen molar-refractivity contribution in [2.45, 2.75) is 0 Å². The highest BCUT2D eigenvalue weighted by Crippen LogP contribution is 2.30. The third kappa shape index (κ3) is 4.95. The van der Waals surface area contributed by atoms with Gasteiger partial charge in [0.2, 0.25) is 4.80 Å². The van der Waals surface area contributed by atoms with Gasteiger partial charge in [0.1, 0.15) is 0 Å². The fourth-order valence-electron chi connectivity index (χ4n) is 2.74. The van der Waals surface area contributed by atoms with E-state index in [9.17, 15) is 0 Å². The number of nitrogens with zero attached hydrogens (tertiary/aromatic N) is 3. The summed E-state index contributed by atoms with van der Waals surface area (Å²) in [5, 5.41) is 6.78. The molecule has 0 atom stereocenters. The highest BCUT2D eigenvalue weighted by atomic mass is 79.9. The van der Waals surface area contributed by atoms with Crippen molar-refractivity contribution in [1.29, 1.82) is 0 Å².